The summed E-state index contributed by atoms with van der Waals surface area (Å²) in [6, 6.07) is 7.93. The van der Waals surface area contributed by atoms with E-state index in [9.17, 15) is 9.90 Å². The third-order valence-corrected chi connectivity index (χ3v) is 4.45. The SMILES string of the molecule is O=C(CCn1cnc2ccccc21)NCC1CCCC(O)C1. The Morgan fingerprint density at radius 3 is 3.09 bits per heavy atom. The second kappa shape index (κ2) is 6.92. The third-order valence-electron chi connectivity index (χ3n) is 4.45. The van der Waals surface area contributed by atoms with Crippen LogP contribution < -0.4 is 5.32 Å². The first-order chi connectivity index (χ1) is 10.7. The van der Waals surface area contributed by atoms with Gasteiger partial charge < -0.3 is 15.0 Å². The molecular weight excluding hydrogens is 278 g/mol. The van der Waals surface area contributed by atoms with Crippen LogP contribution in [-0.4, -0.2) is 33.2 Å². The van der Waals surface area contributed by atoms with Crippen molar-refractivity contribution in [3.63, 3.8) is 0 Å². The van der Waals surface area contributed by atoms with Crippen LogP contribution in [-0.2, 0) is 11.3 Å². The lowest BCUT2D eigenvalue weighted by atomic mass is 9.87. The van der Waals surface area contributed by atoms with Gasteiger partial charge in [-0.25, -0.2) is 4.98 Å². The molecule has 0 saturated heterocycles. The molecular formula is C17H23N3O2. The fourth-order valence-electron chi connectivity index (χ4n) is 3.21. The van der Waals surface area contributed by atoms with E-state index in [1.54, 1.807) is 6.33 Å². The maximum absolute atomic E-state index is 12.0. The smallest absolute Gasteiger partial charge is 0.221 e. The van der Waals surface area contributed by atoms with Gasteiger partial charge in [-0.05, 0) is 37.3 Å². The van der Waals surface area contributed by atoms with Crippen LogP contribution in [0.5, 0.6) is 0 Å². The number of aliphatic hydroxyl groups is 1. The lowest BCUT2D eigenvalue weighted by molar-refractivity contribution is -0.121. The average molecular weight is 301 g/mol. The van der Waals surface area contributed by atoms with Crippen LogP contribution in [0.25, 0.3) is 11.0 Å². The first kappa shape index (κ1) is 15.0. The van der Waals surface area contributed by atoms with E-state index in [1.165, 1.54) is 0 Å². The molecule has 1 heterocycles. The Hall–Kier alpha value is -1.88. The molecule has 2 unspecified atom stereocenters. The van der Waals surface area contributed by atoms with E-state index in [0.717, 1.165) is 36.7 Å². The number of hydrogen-bond acceptors (Lipinski definition) is 3. The Balaban J connectivity index is 1.46. The fourth-order valence-corrected chi connectivity index (χ4v) is 3.21. The normalized spacial score (nSPS) is 21.9. The Kier molecular flexibility index (Phi) is 4.73. The third kappa shape index (κ3) is 3.65. The molecule has 118 valence electrons. The summed E-state index contributed by atoms with van der Waals surface area (Å²) in [5, 5.41) is 12.7. The average Bonchev–Trinajstić information content (AvgIpc) is 2.94. The fraction of sp³-hybridized carbons (Fsp3) is 0.529. The summed E-state index contributed by atoms with van der Waals surface area (Å²) in [4.78, 5) is 16.3. The highest BCUT2D eigenvalue weighted by Gasteiger charge is 2.20. The predicted octanol–water partition coefficient (Wildman–Crippen LogP) is 2.09. The summed E-state index contributed by atoms with van der Waals surface area (Å²) in [5.41, 5.74) is 2.02. The first-order valence-corrected chi connectivity index (χ1v) is 8.07. The van der Waals surface area contributed by atoms with Crippen molar-refractivity contribution >= 4 is 16.9 Å². The van der Waals surface area contributed by atoms with Gasteiger partial charge in [0, 0.05) is 19.5 Å². The Bertz CT molecular complexity index is 638. The topological polar surface area (TPSA) is 67.2 Å². The maximum atomic E-state index is 12.0. The molecule has 0 spiro atoms. The molecule has 1 aromatic heterocycles. The molecule has 22 heavy (non-hydrogen) atoms. The van der Waals surface area contributed by atoms with Gasteiger partial charge in [0.15, 0.2) is 0 Å². The van der Waals surface area contributed by atoms with Gasteiger partial charge in [0.05, 0.1) is 23.5 Å². The van der Waals surface area contributed by atoms with Crippen molar-refractivity contribution < 1.29 is 9.90 Å². The number of carbonyl (C=O) groups is 1. The summed E-state index contributed by atoms with van der Waals surface area (Å²) < 4.78 is 2.01. The summed E-state index contributed by atoms with van der Waals surface area (Å²) in [7, 11) is 0. The number of para-hydroxylation sites is 2. The number of fused-ring (bicyclic) bond motifs is 1. The molecule has 2 aromatic rings. The maximum Gasteiger partial charge on any atom is 0.221 e. The quantitative estimate of drug-likeness (QED) is 0.888. The number of benzene rings is 1. The predicted molar refractivity (Wildman–Crippen MR) is 85.3 cm³/mol. The highest BCUT2D eigenvalue weighted by molar-refractivity contribution is 5.77. The second-order valence-corrected chi connectivity index (χ2v) is 6.17. The highest BCUT2D eigenvalue weighted by atomic mass is 16.3. The van der Waals surface area contributed by atoms with Gasteiger partial charge in [-0.3, -0.25) is 4.79 Å². The Labute approximate surface area is 130 Å². The number of nitrogens with one attached hydrogen (secondary N) is 1. The van der Waals surface area contributed by atoms with Crippen molar-refractivity contribution in [2.45, 2.75) is 44.8 Å². The van der Waals surface area contributed by atoms with Gasteiger partial charge >= 0.3 is 0 Å². The van der Waals surface area contributed by atoms with E-state index in [2.05, 4.69) is 10.3 Å². The molecule has 1 aromatic carbocycles. The van der Waals surface area contributed by atoms with E-state index in [0.29, 0.717) is 25.4 Å². The molecule has 0 bridgehead atoms. The van der Waals surface area contributed by atoms with Crippen molar-refractivity contribution in [1.82, 2.24) is 14.9 Å². The summed E-state index contributed by atoms with van der Waals surface area (Å²) in [5.74, 6) is 0.486. The van der Waals surface area contributed by atoms with Gasteiger partial charge in [0.25, 0.3) is 0 Å². The lowest BCUT2D eigenvalue weighted by Crippen LogP contribution is -2.33. The van der Waals surface area contributed by atoms with E-state index < -0.39 is 0 Å². The molecule has 3 rings (SSSR count). The van der Waals surface area contributed by atoms with E-state index in [1.807, 2.05) is 28.8 Å². The largest absolute Gasteiger partial charge is 0.393 e. The van der Waals surface area contributed by atoms with Gasteiger partial charge in [0.2, 0.25) is 5.91 Å². The molecule has 5 heteroatoms. The zero-order valence-electron chi connectivity index (χ0n) is 12.7. The minimum Gasteiger partial charge on any atom is -0.393 e. The molecule has 1 fully saturated rings. The van der Waals surface area contributed by atoms with Crippen molar-refractivity contribution in [2.24, 2.45) is 5.92 Å². The summed E-state index contributed by atoms with van der Waals surface area (Å²) in [6.45, 7) is 1.32. The number of aryl methyl sites for hydroxylation is 1. The number of nitrogens with zero attached hydrogens (tertiary/aromatic N) is 2. The van der Waals surface area contributed by atoms with E-state index in [-0.39, 0.29) is 12.0 Å². The minimum atomic E-state index is -0.187. The zero-order chi connectivity index (χ0) is 15.4. The molecule has 1 amide bonds. The number of carbonyl (C=O) groups excluding carboxylic acids is 1. The van der Waals surface area contributed by atoms with Gasteiger partial charge in [-0.1, -0.05) is 18.6 Å². The van der Waals surface area contributed by atoms with Crippen molar-refractivity contribution in [1.29, 1.82) is 0 Å². The van der Waals surface area contributed by atoms with Crippen LogP contribution in [0, 0.1) is 5.92 Å². The van der Waals surface area contributed by atoms with Crippen LogP contribution in [0.2, 0.25) is 0 Å². The van der Waals surface area contributed by atoms with E-state index in [4.69, 9.17) is 0 Å². The Morgan fingerprint density at radius 2 is 2.23 bits per heavy atom. The van der Waals surface area contributed by atoms with Crippen LogP contribution >= 0.6 is 0 Å². The monoisotopic (exact) mass is 301 g/mol. The lowest BCUT2D eigenvalue weighted by Gasteiger charge is -2.25. The first-order valence-electron chi connectivity index (χ1n) is 8.07. The highest BCUT2D eigenvalue weighted by Crippen LogP contribution is 2.23. The number of aromatic nitrogens is 2. The Morgan fingerprint density at radius 1 is 1.36 bits per heavy atom. The van der Waals surface area contributed by atoms with Crippen LogP contribution in [0.3, 0.4) is 0 Å². The molecule has 1 saturated carbocycles. The number of rotatable bonds is 5. The number of hydrogen-bond donors (Lipinski definition) is 2. The molecule has 0 radical (unpaired) electrons. The van der Waals surface area contributed by atoms with Crippen molar-refractivity contribution in [3.8, 4) is 0 Å². The molecule has 0 aliphatic heterocycles. The standard InChI is InChI=1S/C17H23N3O2/c21-14-5-3-4-13(10-14)11-18-17(22)8-9-20-12-19-15-6-1-2-7-16(15)20/h1-2,6-7,12-14,21H,3-5,8-11H2,(H,18,22). The van der Waals surface area contributed by atoms with Crippen LogP contribution in [0.4, 0.5) is 0 Å². The molecule has 1 aliphatic carbocycles. The number of imidazole rings is 1. The zero-order valence-corrected chi connectivity index (χ0v) is 12.7. The molecule has 5 nitrogen and oxygen atoms in total. The van der Waals surface area contributed by atoms with Crippen LogP contribution in [0.1, 0.15) is 32.1 Å². The molecule has 2 atom stereocenters. The second-order valence-electron chi connectivity index (χ2n) is 6.17. The number of aliphatic hydroxyl groups excluding tert-OH is 1. The summed E-state index contributed by atoms with van der Waals surface area (Å²) in [6.07, 6.45) is 5.93. The van der Waals surface area contributed by atoms with Gasteiger partial charge in [-0.15, -0.1) is 0 Å². The van der Waals surface area contributed by atoms with Crippen molar-refractivity contribution in [2.75, 3.05) is 6.54 Å². The van der Waals surface area contributed by atoms with Gasteiger partial charge in [0.1, 0.15) is 0 Å². The van der Waals surface area contributed by atoms with Crippen molar-refractivity contribution in [3.05, 3.63) is 30.6 Å². The van der Waals surface area contributed by atoms with E-state index >= 15 is 0 Å². The van der Waals surface area contributed by atoms with Gasteiger partial charge in [-0.2, -0.15) is 0 Å². The summed E-state index contributed by atoms with van der Waals surface area (Å²) >= 11 is 0. The molecule has 2 N–H and O–H groups in total. The minimum absolute atomic E-state index is 0.0674. The molecule has 1 aliphatic rings. The van der Waals surface area contributed by atoms with Crippen LogP contribution in [0.15, 0.2) is 30.6 Å². The number of amides is 1.